The first kappa shape index (κ1) is 13.5. The summed E-state index contributed by atoms with van der Waals surface area (Å²) in [6, 6.07) is 2.83. The first-order valence-electron chi connectivity index (χ1n) is 4.56. The molecule has 18 heavy (non-hydrogen) atoms. The van der Waals surface area contributed by atoms with E-state index in [0.717, 1.165) is 12.1 Å². The highest BCUT2D eigenvalue weighted by Crippen LogP contribution is 2.33. The fourth-order valence-electron chi connectivity index (χ4n) is 1.34. The number of benzene rings is 1. The van der Waals surface area contributed by atoms with Crippen molar-refractivity contribution in [2.24, 2.45) is 0 Å². The highest BCUT2D eigenvalue weighted by Gasteiger charge is 2.15. The molecule has 2 rings (SSSR count). The Morgan fingerprint density at radius 3 is 1.94 bits per heavy atom. The molecular formula is C11H3Cl3F3N. The number of hydrogen-bond acceptors (Lipinski definition) is 1. The molecular weight excluding hydrogens is 309 g/mol. The summed E-state index contributed by atoms with van der Waals surface area (Å²) in [5.74, 6) is -4.24. The van der Waals surface area contributed by atoms with Gasteiger partial charge in [0.2, 0.25) is 0 Å². The van der Waals surface area contributed by atoms with Crippen LogP contribution in [0.1, 0.15) is 0 Å². The topological polar surface area (TPSA) is 12.9 Å². The minimum atomic E-state index is -1.56. The predicted molar refractivity (Wildman–Crippen MR) is 64.6 cm³/mol. The van der Waals surface area contributed by atoms with Crippen molar-refractivity contribution in [1.82, 2.24) is 4.98 Å². The molecule has 0 aliphatic carbocycles. The third-order valence-corrected chi connectivity index (χ3v) is 3.11. The van der Waals surface area contributed by atoms with Crippen molar-refractivity contribution < 1.29 is 13.2 Å². The second kappa shape index (κ2) is 4.96. The number of hydrogen-bond donors (Lipinski definition) is 0. The van der Waals surface area contributed by atoms with Crippen LogP contribution in [0.3, 0.4) is 0 Å². The molecule has 94 valence electrons. The summed E-state index contributed by atoms with van der Waals surface area (Å²) in [6.07, 6.45) is 0. The van der Waals surface area contributed by atoms with Crippen molar-refractivity contribution in [3.05, 3.63) is 50.8 Å². The molecule has 0 unspecified atom stereocenters. The second-order valence-electron chi connectivity index (χ2n) is 3.35. The van der Waals surface area contributed by atoms with E-state index in [-0.39, 0.29) is 26.5 Å². The Labute approximate surface area is 115 Å². The van der Waals surface area contributed by atoms with Gasteiger partial charge in [0.05, 0.1) is 15.7 Å². The molecule has 0 aliphatic heterocycles. The number of pyridine rings is 1. The SMILES string of the molecule is Fc1cc(-c2nc(Cl)c(Cl)cc2Cl)cc(F)c1F. The highest BCUT2D eigenvalue weighted by atomic mass is 35.5. The van der Waals surface area contributed by atoms with E-state index < -0.39 is 17.5 Å². The maximum atomic E-state index is 13.1. The molecule has 0 saturated heterocycles. The molecule has 1 nitrogen and oxygen atoms in total. The normalized spacial score (nSPS) is 10.8. The first-order valence-corrected chi connectivity index (χ1v) is 5.70. The van der Waals surface area contributed by atoms with Crippen LogP contribution in [0, 0.1) is 17.5 Å². The van der Waals surface area contributed by atoms with Gasteiger partial charge in [0.25, 0.3) is 0 Å². The Morgan fingerprint density at radius 1 is 0.833 bits per heavy atom. The predicted octanol–water partition coefficient (Wildman–Crippen LogP) is 5.13. The average Bonchev–Trinajstić information content (AvgIpc) is 2.30. The maximum absolute atomic E-state index is 13.1. The third-order valence-electron chi connectivity index (χ3n) is 2.14. The van der Waals surface area contributed by atoms with Crippen LogP contribution in [0.25, 0.3) is 11.3 Å². The van der Waals surface area contributed by atoms with Crippen molar-refractivity contribution in [2.75, 3.05) is 0 Å². The standard InChI is InChI=1S/C11H3Cl3F3N/c12-5-3-6(13)11(14)18-10(5)4-1-7(15)9(17)8(16)2-4/h1-3H. The van der Waals surface area contributed by atoms with Gasteiger partial charge in [0.1, 0.15) is 5.15 Å². The molecule has 0 fully saturated rings. The van der Waals surface area contributed by atoms with Gasteiger partial charge in [0.15, 0.2) is 17.5 Å². The zero-order valence-electron chi connectivity index (χ0n) is 8.45. The molecule has 0 bridgehead atoms. The Kier molecular flexibility index (Phi) is 3.71. The molecule has 0 spiro atoms. The van der Waals surface area contributed by atoms with Crippen molar-refractivity contribution in [3.8, 4) is 11.3 Å². The van der Waals surface area contributed by atoms with E-state index in [1.165, 1.54) is 6.07 Å². The molecule has 0 saturated carbocycles. The van der Waals surface area contributed by atoms with Gasteiger partial charge in [-0.15, -0.1) is 0 Å². The van der Waals surface area contributed by atoms with Crippen LogP contribution in [-0.4, -0.2) is 4.98 Å². The summed E-state index contributed by atoms with van der Waals surface area (Å²) in [5.41, 5.74) is -0.0150. The van der Waals surface area contributed by atoms with Gasteiger partial charge >= 0.3 is 0 Å². The lowest BCUT2D eigenvalue weighted by atomic mass is 10.1. The van der Waals surface area contributed by atoms with Gasteiger partial charge in [-0.1, -0.05) is 34.8 Å². The van der Waals surface area contributed by atoms with E-state index in [4.69, 9.17) is 34.8 Å². The van der Waals surface area contributed by atoms with Crippen LogP contribution in [0.4, 0.5) is 13.2 Å². The van der Waals surface area contributed by atoms with E-state index in [0.29, 0.717) is 0 Å². The lowest BCUT2D eigenvalue weighted by Crippen LogP contribution is -1.94. The fraction of sp³-hybridized carbons (Fsp3) is 0. The van der Waals surface area contributed by atoms with Gasteiger partial charge in [-0.2, -0.15) is 0 Å². The Bertz CT molecular complexity index is 608. The minimum Gasteiger partial charge on any atom is -0.233 e. The van der Waals surface area contributed by atoms with E-state index >= 15 is 0 Å². The zero-order valence-corrected chi connectivity index (χ0v) is 10.7. The van der Waals surface area contributed by atoms with Gasteiger partial charge < -0.3 is 0 Å². The number of aromatic nitrogens is 1. The van der Waals surface area contributed by atoms with Crippen LogP contribution in [0.2, 0.25) is 15.2 Å². The van der Waals surface area contributed by atoms with Crippen molar-refractivity contribution in [1.29, 1.82) is 0 Å². The molecule has 1 heterocycles. The van der Waals surface area contributed by atoms with E-state index in [2.05, 4.69) is 4.98 Å². The van der Waals surface area contributed by atoms with Gasteiger partial charge in [-0.25, -0.2) is 18.2 Å². The lowest BCUT2D eigenvalue weighted by Gasteiger charge is -2.06. The molecule has 0 aliphatic rings. The van der Waals surface area contributed by atoms with E-state index in [1.807, 2.05) is 0 Å². The van der Waals surface area contributed by atoms with Gasteiger partial charge in [0, 0.05) is 5.56 Å². The number of nitrogens with zero attached hydrogens (tertiary/aromatic N) is 1. The Hall–Kier alpha value is -0.970. The molecule has 0 amide bonds. The quantitative estimate of drug-likeness (QED) is 0.526. The minimum absolute atomic E-state index is 0.0175. The van der Waals surface area contributed by atoms with Crippen LogP contribution in [0.5, 0.6) is 0 Å². The molecule has 7 heteroatoms. The molecule has 1 aromatic carbocycles. The number of rotatable bonds is 1. The monoisotopic (exact) mass is 311 g/mol. The molecule has 0 N–H and O–H groups in total. The van der Waals surface area contributed by atoms with Gasteiger partial charge in [-0.3, -0.25) is 0 Å². The smallest absolute Gasteiger partial charge is 0.194 e. The van der Waals surface area contributed by atoms with Gasteiger partial charge in [-0.05, 0) is 18.2 Å². The molecule has 0 atom stereocenters. The van der Waals surface area contributed by atoms with Crippen LogP contribution in [-0.2, 0) is 0 Å². The Balaban J connectivity index is 2.66. The summed E-state index contributed by atoms with van der Waals surface area (Å²) in [4.78, 5) is 3.80. The zero-order chi connectivity index (χ0) is 13.4. The molecule has 1 aromatic heterocycles. The molecule has 2 aromatic rings. The van der Waals surface area contributed by atoms with Crippen molar-refractivity contribution in [2.45, 2.75) is 0 Å². The maximum Gasteiger partial charge on any atom is 0.194 e. The third kappa shape index (κ3) is 2.41. The van der Waals surface area contributed by atoms with Crippen LogP contribution < -0.4 is 0 Å². The largest absolute Gasteiger partial charge is 0.233 e. The lowest BCUT2D eigenvalue weighted by molar-refractivity contribution is 0.447. The van der Waals surface area contributed by atoms with E-state index in [9.17, 15) is 13.2 Å². The van der Waals surface area contributed by atoms with E-state index in [1.54, 1.807) is 0 Å². The molecule has 0 radical (unpaired) electrons. The average molecular weight is 313 g/mol. The summed E-state index contributed by atoms with van der Waals surface area (Å²) in [5, 5.41) is 0.0875. The van der Waals surface area contributed by atoms with Crippen LogP contribution >= 0.6 is 34.8 Å². The van der Waals surface area contributed by atoms with Crippen LogP contribution in [0.15, 0.2) is 18.2 Å². The Morgan fingerprint density at radius 2 is 1.39 bits per heavy atom. The summed E-state index contributed by atoms with van der Waals surface area (Å²) in [6.45, 7) is 0. The highest BCUT2D eigenvalue weighted by molar-refractivity contribution is 6.42. The number of halogens is 6. The first-order chi connectivity index (χ1) is 8.40. The van der Waals surface area contributed by atoms with Crippen molar-refractivity contribution >= 4 is 34.8 Å². The fourth-order valence-corrected chi connectivity index (χ4v) is 1.95. The second-order valence-corrected chi connectivity index (χ2v) is 4.52. The van der Waals surface area contributed by atoms with Crippen molar-refractivity contribution in [3.63, 3.8) is 0 Å². The summed E-state index contributed by atoms with van der Waals surface area (Å²) < 4.78 is 39.0. The summed E-state index contributed by atoms with van der Waals surface area (Å²) >= 11 is 17.2. The summed E-state index contributed by atoms with van der Waals surface area (Å²) in [7, 11) is 0.